The van der Waals surface area contributed by atoms with E-state index in [-0.39, 0.29) is 5.03 Å². The first kappa shape index (κ1) is 15.1. The minimum atomic E-state index is -3.52. The number of ether oxygens (including phenoxy) is 1. The first-order valence-corrected chi connectivity index (χ1v) is 7.34. The summed E-state index contributed by atoms with van der Waals surface area (Å²) in [6.07, 6.45) is 2.15. The quantitative estimate of drug-likeness (QED) is 0.544. The molecule has 0 atom stereocenters. The van der Waals surface area contributed by atoms with Crippen LogP contribution in [-0.4, -0.2) is 45.4 Å². The summed E-state index contributed by atoms with van der Waals surface area (Å²) < 4.78 is 31.6. The van der Waals surface area contributed by atoms with Gasteiger partial charge in [-0.25, -0.2) is 13.1 Å². The van der Waals surface area contributed by atoms with E-state index in [1.54, 1.807) is 7.05 Å². The normalized spacial score (nSPS) is 11.9. The number of aromatic nitrogens is 2. The minimum Gasteiger partial charge on any atom is -0.382 e. The molecule has 0 radical (unpaired) electrons. The molecule has 8 heteroatoms. The smallest absolute Gasteiger partial charge is 0.257 e. The Morgan fingerprint density at radius 1 is 1.50 bits per heavy atom. The van der Waals surface area contributed by atoms with Gasteiger partial charge in [-0.05, 0) is 20.4 Å². The Morgan fingerprint density at radius 2 is 2.28 bits per heavy atom. The molecule has 0 aliphatic rings. The Labute approximate surface area is 107 Å². The Morgan fingerprint density at radius 3 is 2.94 bits per heavy atom. The van der Waals surface area contributed by atoms with Gasteiger partial charge in [0.2, 0.25) is 0 Å². The van der Waals surface area contributed by atoms with Crippen LogP contribution in [0.2, 0.25) is 0 Å². The third-order valence-electron chi connectivity index (χ3n) is 2.28. The predicted molar refractivity (Wildman–Crippen MR) is 67.6 cm³/mol. The number of hydrogen-bond donors (Lipinski definition) is 3. The Hall–Kier alpha value is -0.960. The highest BCUT2D eigenvalue weighted by molar-refractivity contribution is 7.89. The lowest BCUT2D eigenvalue weighted by molar-refractivity contribution is 0.146. The van der Waals surface area contributed by atoms with Crippen LogP contribution < -0.4 is 10.0 Å². The highest BCUT2D eigenvalue weighted by Crippen LogP contribution is 2.10. The molecule has 0 saturated heterocycles. The fraction of sp³-hybridized carbons (Fsp3) is 0.700. The summed E-state index contributed by atoms with van der Waals surface area (Å²) in [4.78, 5) is 0. The van der Waals surface area contributed by atoms with E-state index in [1.165, 1.54) is 6.20 Å². The number of H-pyrrole nitrogens is 1. The molecule has 7 nitrogen and oxygen atoms in total. The van der Waals surface area contributed by atoms with Gasteiger partial charge in [0.1, 0.15) is 0 Å². The van der Waals surface area contributed by atoms with Gasteiger partial charge < -0.3 is 10.1 Å². The molecule has 1 aromatic heterocycles. The van der Waals surface area contributed by atoms with E-state index < -0.39 is 10.0 Å². The zero-order chi connectivity index (χ0) is 13.4. The molecule has 0 unspecified atom stereocenters. The average Bonchev–Trinajstić information content (AvgIpc) is 2.78. The number of sulfonamides is 1. The summed E-state index contributed by atoms with van der Waals surface area (Å²) in [5, 5.41) is 9.28. The van der Waals surface area contributed by atoms with E-state index in [2.05, 4.69) is 20.2 Å². The first-order chi connectivity index (χ1) is 8.61. The molecule has 3 N–H and O–H groups in total. The molecule has 1 rings (SSSR count). The topological polar surface area (TPSA) is 96.1 Å². The van der Waals surface area contributed by atoms with Crippen molar-refractivity contribution in [1.82, 2.24) is 20.2 Å². The molecular weight excluding hydrogens is 256 g/mol. The monoisotopic (exact) mass is 276 g/mol. The Balaban J connectivity index is 2.54. The lowest BCUT2D eigenvalue weighted by Crippen LogP contribution is -2.27. The minimum absolute atomic E-state index is 0.119. The molecule has 18 heavy (non-hydrogen) atoms. The van der Waals surface area contributed by atoms with Gasteiger partial charge in [-0.15, -0.1) is 0 Å². The zero-order valence-corrected chi connectivity index (χ0v) is 11.5. The number of nitrogens with one attached hydrogen (secondary N) is 3. The maximum atomic E-state index is 12.0. The first-order valence-electron chi connectivity index (χ1n) is 5.86. The number of nitrogens with zero attached hydrogens (tertiary/aromatic N) is 1. The van der Waals surface area contributed by atoms with Gasteiger partial charge in [0.05, 0.1) is 6.20 Å². The van der Waals surface area contributed by atoms with Crippen LogP contribution in [0.4, 0.5) is 0 Å². The maximum absolute atomic E-state index is 12.0. The van der Waals surface area contributed by atoms with Crippen molar-refractivity contribution in [2.24, 2.45) is 0 Å². The van der Waals surface area contributed by atoms with Gasteiger partial charge in [0.15, 0.2) is 5.03 Å². The van der Waals surface area contributed by atoms with Gasteiger partial charge in [0, 0.05) is 31.9 Å². The number of aromatic amines is 1. The zero-order valence-electron chi connectivity index (χ0n) is 10.7. The Bertz CT molecular complexity index is 444. The molecule has 0 aromatic carbocycles. The molecule has 1 heterocycles. The summed E-state index contributed by atoms with van der Waals surface area (Å²) >= 11 is 0. The molecular formula is C10H20N4O3S. The van der Waals surface area contributed by atoms with Crippen molar-refractivity contribution < 1.29 is 13.2 Å². The van der Waals surface area contributed by atoms with Gasteiger partial charge in [0.25, 0.3) is 10.0 Å². The molecule has 0 saturated carbocycles. The van der Waals surface area contributed by atoms with E-state index in [4.69, 9.17) is 4.74 Å². The highest BCUT2D eigenvalue weighted by Gasteiger charge is 2.19. The lowest BCUT2D eigenvalue weighted by Gasteiger charge is -2.07. The summed E-state index contributed by atoms with van der Waals surface area (Å²) in [6, 6.07) is 0. The van der Waals surface area contributed by atoms with Gasteiger partial charge in [-0.3, -0.25) is 5.10 Å². The molecule has 0 fully saturated rings. The summed E-state index contributed by atoms with van der Waals surface area (Å²) in [5.74, 6) is 0. The molecule has 0 aliphatic heterocycles. The Kier molecular flexibility index (Phi) is 6.27. The highest BCUT2D eigenvalue weighted by atomic mass is 32.2. The van der Waals surface area contributed by atoms with Crippen molar-refractivity contribution in [2.45, 2.75) is 24.9 Å². The maximum Gasteiger partial charge on any atom is 0.257 e. The van der Waals surface area contributed by atoms with E-state index in [0.717, 1.165) is 0 Å². The predicted octanol–water partition coefficient (Wildman–Crippen LogP) is -0.166. The summed E-state index contributed by atoms with van der Waals surface area (Å²) in [7, 11) is -1.77. The van der Waals surface area contributed by atoms with E-state index in [9.17, 15) is 8.42 Å². The van der Waals surface area contributed by atoms with E-state index >= 15 is 0 Å². The van der Waals surface area contributed by atoms with Crippen LogP contribution >= 0.6 is 0 Å². The molecule has 0 bridgehead atoms. The van der Waals surface area contributed by atoms with Crippen molar-refractivity contribution >= 4 is 10.0 Å². The summed E-state index contributed by atoms with van der Waals surface area (Å²) in [5.41, 5.74) is 0.620. The molecule has 0 spiro atoms. The third-order valence-corrected chi connectivity index (χ3v) is 3.75. The second-order valence-electron chi connectivity index (χ2n) is 3.70. The number of rotatable bonds is 9. The van der Waals surface area contributed by atoms with Gasteiger partial charge >= 0.3 is 0 Å². The van der Waals surface area contributed by atoms with E-state index in [1.807, 2.05) is 6.92 Å². The second-order valence-corrected chi connectivity index (χ2v) is 5.41. The van der Waals surface area contributed by atoms with Crippen molar-refractivity contribution in [3.8, 4) is 0 Å². The molecule has 0 amide bonds. The van der Waals surface area contributed by atoms with Crippen LogP contribution in [0.3, 0.4) is 0 Å². The van der Waals surface area contributed by atoms with Crippen molar-refractivity contribution in [3.63, 3.8) is 0 Å². The fourth-order valence-corrected chi connectivity index (χ4v) is 2.65. The largest absolute Gasteiger partial charge is 0.382 e. The van der Waals surface area contributed by atoms with Crippen LogP contribution in [0.15, 0.2) is 11.2 Å². The summed E-state index contributed by atoms with van der Waals surface area (Å²) in [6.45, 7) is 3.88. The van der Waals surface area contributed by atoms with Crippen LogP contribution in [0.25, 0.3) is 0 Å². The van der Waals surface area contributed by atoms with Crippen molar-refractivity contribution in [2.75, 3.05) is 26.8 Å². The van der Waals surface area contributed by atoms with Crippen molar-refractivity contribution in [3.05, 3.63) is 11.8 Å². The van der Waals surface area contributed by atoms with Crippen LogP contribution in [0.5, 0.6) is 0 Å². The van der Waals surface area contributed by atoms with Crippen LogP contribution in [-0.2, 0) is 21.3 Å². The standard InChI is InChI=1S/C10H20N4O3S/c1-3-17-6-4-5-13-18(15,16)10-9(7-11-2)8-12-14-10/h8,11,13H,3-7H2,1-2H3,(H,12,14). The van der Waals surface area contributed by atoms with Gasteiger partial charge in [-0.1, -0.05) is 0 Å². The van der Waals surface area contributed by atoms with Crippen LogP contribution in [0.1, 0.15) is 18.9 Å². The molecule has 104 valence electrons. The fourth-order valence-electron chi connectivity index (χ4n) is 1.45. The third kappa shape index (κ3) is 4.37. The molecule has 0 aliphatic carbocycles. The second kappa shape index (κ2) is 7.47. The molecule has 1 aromatic rings. The average molecular weight is 276 g/mol. The van der Waals surface area contributed by atoms with E-state index in [0.29, 0.717) is 38.3 Å². The number of hydrogen-bond acceptors (Lipinski definition) is 5. The van der Waals surface area contributed by atoms with Crippen molar-refractivity contribution in [1.29, 1.82) is 0 Å². The SMILES string of the molecule is CCOCCCNS(=O)(=O)c1[nH]ncc1CNC. The van der Waals surface area contributed by atoms with Gasteiger partial charge in [-0.2, -0.15) is 5.10 Å². The van der Waals surface area contributed by atoms with Crippen LogP contribution in [0, 0.1) is 0 Å². The lowest BCUT2D eigenvalue weighted by atomic mass is 10.4.